The van der Waals surface area contributed by atoms with Gasteiger partial charge in [-0.2, -0.15) is 5.26 Å². The molecule has 0 aromatic heterocycles. The average Bonchev–Trinajstić information content (AvgIpc) is 1.68. The fourth-order valence-electron chi connectivity index (χ4n) is 0.283. The highest BCUT2D eigenvalue weighted by Crippen LogP contribution is 1.88. The average molecular weight is 113 g/mol. The molecule has 0 radical (unpaired) electrons. The molecule has 0 fully saturated rings. The van der Waals surface area contributed by atoms with Crippen molar-refractivity contribution in [2.24, 2.45) is 0 Å². The van der Waals surface area contributed by atoms with Crippen molar-refractivity contribution in [2.75, 3.05) is 0 Å². The Morgan fingerprint density at radius 2 is 2.43 bits per heavy atom. The Morgan fingerprint density at radius 1 is 1.86 bits per heavy atom. The Bertz CT molecular complexity index is 101. The van der Waals surface area contributed by atoms with E-state index in [0.717, 1.165) is 12.8 Å². The van der Waals surface area contributed by atoms with Crippen molar-refractivity contribution in [3.8, 4) is 6.07 Å². The Hall–Kier alpha value is -0.420. The molecule has 1 nitrogen and oxygen atoms in total. The monoisotopic (exact) mass is 113 g/mol. The van der Waals surface area contributed by atoms with E-state index in [1.165, 1.54) is 0 Å². The molecule has 0 aliphatic heterocycles. The molecule has 0 aliphatic rings. The summed E-state index contributed by atoms with van der Waals surface area (Å²) in [5.41, 5.74) is 0. The Kier molecular flexibility index (Phi) is 3.53. The molecular weight excluding hydrogens is 106 g/mol. The molecule has 0 rings (SSSR count). The zero-order valence-electron chi connectivity index (χ0n) is 4.27. The number of nitrogens with zero attached hydrogens (tertiary/aromatic N) is 1. The summed E-state index contributed by atoms with van der Waals surface area (Å²) in [5.74, 6) is 0. The van der Waals surface area contributed by atoms with Gasteiger partial charge in [0, 0.05) is 0 Å². The normalized spacial score (nSPS) is 7.43. The van der Waals surface area contributed by atoms with Crippen molar-refractivity contribution in [3.63, 3.8) is 0 Å². The minimum absolute atomic E-state index is 0.516. The van der Waals surface area contributed by atoms with Crippen molar-refractivity contribution in [3.05, 3.63) is 0 Å². The van der Waals surface area contributed by atoms with Gasteiger partial charge in [-0.3, -0.25) is 0 Å². The lowest BCUT2D eigenvalue weighted by molar-refractivity contribution is 1.01. The lowest BCUT2D eigenvalue weighted by Crippen LogP contribution is -1.84. The predicted molar refractivity (Wildman–Crippen MR) is 33.1 cm³/mol. The highest BCUT2D eigenvalue weighted by molar-refractivity contribution is 7.80. The molecule has 38 valence electrons. The second-order valence-corrected chi connectivity index (χ2v) is 1.78. The summed E-state index contributed by atoms with van der Waals surface area (Å²) in [6.07, 6.45) is 1.75. The second kappa shape index (κ2) is 3.76. The van der Waals surface area contributed by atoms with E-state index in [1.54, 1.807) is 0 Å². The third kappa shape index (κ3) is 3.41. The maximum absolute atomic E-state index is 8.07. The van der Waals surface area contributed by atoms with Crippen LogP contribution in [0.15, 0.2) is 0 Å². The van der Waals surface area contributed by atoms with Crippen LogP contribution >= 0.6 is 12.2 Å². The first kappa shape index (κ1) is 6.58. The molecule has 7 heavy (non-hydrogen) atoms. The van der Waals surface area contributed by atoms with Crippen LogP contribution in [0.2, 0.25) is 0 Å². The van der Waals surface area contributed by atoms with Crippen molar-refractivity contribution in [2.45, 2.75) is 19.8 Å². The van der Waals surface area contributed by atoms with Crippen molar-refractivity contribution in [1.82, 2.24) is 0 Å². The molecule has 0 aliphatic carbocycles. The fourth-order valence-corrected chi connectivity index (χ4v) is 0.487. The van der Waals surface area contributed by atoms with Crippen molar-refractivity contribution in [1.29, 1.82) is 5.26 Å². The fraction of sp³-hybridized carbons (Fsp3) is 0.600. The summed E-state index contributed by atoms with van der Waals surface area (Å²) in [7, 11) is 0. The SMILES string of the molecule is CCCC(=S)C#N. The summed E-state index contributed by atoms with van der Waals surface area (Å²) < 4.78 is 0. The molecule has 0 amide bonds. The highest BCUT2D eigenvalue weighted by atomic mass is 32.1. The van der Waals surface area contributed by atoms with Crippen LogP contribution in [0.1, 0.15) is 19.8 Å². The smallest absolute Gasteiger partial charge is 0.106 e. The van der Waals surface area contributed by atoms with Gasteiger partial charge in [0.25, 0.3) is 0 Å². The van der Waals surface area contributed by atoms with Crippen LogP contribution in [-0.2, 0) is 0 Å². The molecule has 0 atom stereocenters. The molecular formula is C5H7NS. The van der Waals surface area contributed by atoms with Gasteiger partial charge in [0.15, 0.2) is 0 Å². The number of hydrogen-bond acceptors (Lipinski definition) is 2. The van der Waals surface area contributed by atoms with E-state index < -0.39 is 0 Å². The predicted octanol–water partition coefficient (Wildman–Crippen LogP) is 1.68. The maximum Gasteiger partial charge on any atom is 0.106 e. The van der Waals surface area contributed by atoms with E-state index in [1.807, 2.05) is 13.0 Å². The molecule has 0 N–H and O–H groups in total. The number of thiocarbonyl (C=S) groups is 1. The minimum Gasteiger partial charge on any atom is -0.192 e. The molecule has 0 spiro atoms. The van der Waals surface area contributed by atoms with E-state index in [9.17, 15) is 0 Å². The first-order valence-corrected chi connectivity index (χ1v) is 2.65. The van der Waals surface area contributed by atoms with Gasteiger partial charge in [-0.25, -0.2) is 0 Å². The zero-order chi connectivity index (χ0) is 5.70. The molecule has 0 unspecified atom stereocenters. The summed E-state index contributed by atoms with van der Waals surface area (Å²) in [5, 5.41) is 8.07. The van der Waals surface area contributed by atoms with Gasteiger partial charge in [0.2, 0.25) is 0 Å². The summed E-state index contributed by atoms with van der Waals surface area (Å²) in [4.78, 5) is 0.516. The minimum atomic E-state index is 0.516. The summed E-state index contributed by atoms with van der Waals surface area (Å²) in [6, 6.07) is 1.90. The van der Waals surface area contributed by atoms with Crippen molar-refractivity contribution >= 4 is 17.1 Å². The molecule has 0 bridgehead atoms. The molecule has 0 saturated carbocycles. The van der Waals surface area contributed by atoms with Crippen LogP contribution in [0.3, 0.4) is 0 Å². The summed E-state index contributed by atoms with van der Waals surface area (Å²) in [6.45, 7) is 2.00. The van der Waals surface area contributed by atoms with Crippen LogP contribution in [0.5, 0.6) is 0 Å². The standard InChI is InChI=1S/C5H7NS/c1-2-3-5(7)4-6/h2-3H2,1H3. The number of hydrogen-bond donors (Lipinski definition) is 0. The topological polar surface area (TPSA) is 23.8 Å². The van der Waals surface area contributed by atoms with Crippen LogP contribution in [0.4, 0.5) is 0 Å². The molecule has 0 aromatic rings. The summed E-state index contributed by atoms with van der Waals surface area (Å²) >= 11 is 4.59. The molecule has 2 heteroatoms. The van der Waals surface area contributed by atoms with Crippen LogP contribution in [0.25, 0.3) is 0 Å². The molecule has 0 saturated heterocycles. The lowest BCUT2D eigenvalue weighted by atomic mass is 10.3. The number of nitriles is 1. The van der Waals surface area contributed by atoms with Crippen molar-refractivity contribution < 1.29 is 0 Å². The largest absolute Gasteiger partial charge is 0.192 e. The molecule has 0 aromatic carbocycles. The van der Waals surface area contributed by atoms with E-state index >= 15 is 0 Å². The van der Waals surface area contributed by atoms with Gasteiger partial charge in [-0.15, -0.1) is 0 Å². The lowest BCUT2D eigenvalue weighted by Gasteiger charge is -1.81. The van der Waals surface area contributed by atoms with Gasteiger partial charge in [-0.1, -0.05) is 25.6 Å². The molecule has 0 heterocycles. The van der Waals surface area contributed by atoms with Gasteiger partial charge >= 0.3 is 0 Å². The van der Waals surface area contributed by atoms with E-state index in [-0.39, 0.29) is 0 Å². The van der Waals surface area contributed by atoms with Crippen LogP contribution in [0, 0.1) is 11.3 Å². The maximum atomic E-state index is 8.07. The van der Waals surface area contributed by atoms with Crippen LogP contribution in [-0.4, -0.2) is 4.86 Å². The third-order valence-corrected chi connectivity index (χ3v) is 0.897. The van der Waals surface area contributed by atoms with Gasteiger partial charge < -0.3 is 0 Å². The second-order valence-electron chi connectivity index (χ2n) is 1.28. The first-order valence-electron chi connectivity index (χ1n) is 2.24. The van der Waals surface area contributed by atoms with Gasteiger partial charge in [0.05, 0.1) is 4.86 Å². The number of rotatable bonds is 2. The van der Waals surface area contributed by atoms with Gasteiger partial charge in [0.1, 0.15) is 6.07 Å². The van der Waals surface area contributed by atoms with Crippen LogP contribution < -0.4 is 0 Å². The van der Waals surface area contributed by atoms with E-state index in [0.29, 0.717) is 4.86 Å². The quantitative estimate of drug-likeness (QED) is 0.509. The third-order valence-electron chi connectivity index (χ3n) is 0.602. The first-order chi connectivity index (χ1) is 3.31. The van der Waals surface area contributed by atoms with E-state index in [2.05, 4.69) is 12.2 Å². The zero-order valence-corrected chi connectivity index (χ0v) is 5.09. The Morgan fingerprint density at radius 3 is 2.57 bits per heavy atom. The highest BCUT2D eigenvalue weighted by Gasteiger charge is 1.86. The Balaban J connectivity index is 3.24. The Labute approximate surface area is 49.0 Å². The van der Waals surface area contributed by atoms with Gasteiger partial charge in [-0.05, 0) is 6.42 Å². The van der Waals surface area contributed by atoms with E-state index in [4.69, 9.17) is 5.26 Å².